The lowest BCUT2D eigenvalue weighted by Crippen LogP contribution is -2.29. The highest BCUT2D eigenvalue weighted by Crippen LogP contribution is 2.17. The van der Waals surface area contributed by atoms with Gasteiger partial charge in [0.05, 0.1) is 11.9 Å². The Morgan fingerprint density at radius 2 is 1.76 bits per heavy atom. The molecular weight excluding hydrogens is 340 g/mol. The second-order valence-corrected chi connectivity index (χ2v) is 7.56. The van der Waals surface area contributed by atoms with Crippen LogP contribution in [0.5, 0.6) is 0 Å². The Balaban J connectivity index is 1.98. The Labute approximate surface area is 147 Å². The fourth-order valence-corrected chi connectivity index (χ4v) is 3.59. The number of benzene rings is 2. The van der Waals surface area contributed by atoms with E-state index in [4.69, 9.17) is 0 Å². The zero-order valence-corrected chi connectivity index (χ0v) is 15.0. The van der Waals surface area contributed by atoms with Crippen molar-refractivity contribution in [2.45, 2.75) is 18.8 Å². The van der Waals surface area contributed by atoms with Crippen LogP contribution in [-0.2, 0) is 15.8 Å². The highest BCUT2D eigenvalue weighted by Gasteiger charge is 2.16. The molecule has 25 heavy (non-hydrogen) atoms. The summed E-state index contributed by atoms with van der Waals surface area (Å²) in [5.41, 5.74) is 2.62. The zero-order chi connectivity index (χ0) is 18.4. The fourth-order valence-electron chi connectivity index (χ4n) is 2.44. The molecule has 0 fully saturated rings. The Hall–Kier alpha value is -2.22. The predicted octanol–water partition coefficient (Wildman–Crippen LogP) is 1.51. The SMILES string of the molecule is CNC(=O)c1ccc(CS(=O)(=O)NC[C@H](O)c2ccccc2C)cc1. The zero-order valence-electron chi connectivity index (χ0n) is 14.2. The molecule has 0 radical (unpaired) electrons. The normalized spacial score (nSPS) is 12.6. The van der Waals surface area contributed by atoms with Crippen molar-refractivity contribution in [1.82, 2.24) is 10.0 Å². The van der Waals surface area contributed by atoms with Crippen molar-refractivity contribution < 1.29 is 18.3 Å². The number of amides is 1. The predicted molar refractivity (Wildman–Crippen MR) is 96.6 cm³/mol. The van der Waals surface area contributed by atoms with E-state index in [1.807, 2.05) is 19.1 Å². The van der Waals surface area contributed by atoms with E-state index < -0.39 is 16.1 Å². The summed E-state index contributed by atoms with van der Waals surface area (Å²) in [5.74, 6) is -0.449. The molecule has 0 aliphatic carbocycles. The molecule has 0 spiro atoms. The fraction of sp³-hybridized carbons (Fsp3) is 0.278. The van der Waals surface area contributed by atoms with Crippen molar-refractivity contribution in [3.8, 4) is 0 Å². The van der Waals surface area contributed by atoms with Gasteiger partial charge < -0.3 is 10.4 Å². The molecular formula is C18H22N2O4S. The molecule has 7 heteroatoms. The lowest BCUT2D eigenvalue weighted by atomic mass is 10.0. The molecule has 1 amide bonds. The van der Waals surface area contributed by atoms with E-state index in [1.54, 1.807) is 36.4 Å². The number of carbonyl (C=O) groups is 1. The average molecular weight is 362 g/mol. The summed E-state index contributed by atoms with van der Waals surface area (Å²) in [6.07, 6.45) is -0.911. The maximum absolute atomic E-state index is 12.2. The minimum absolute atomic E-state index is 0.0937. The third-order valence-electron chi connectivity index (χ3n) is 3.84. The van der Waals surface area contributed by atoms with Gasteiger partial charge >= 0.3 is 0 Å². The molecule has 0 aliphatic rings. The second-order valence-electron chi connectivity index (χ2n) is 5.76. The Kier molecular flexibility index (Phi) is 6.30. The minimum Gasteiger partial charge on any atom is -0.387 e. The van der Waals surface area contributed by atoms with Crippen LogP contribution in [-0.4, -0.2) is 33.0 Å². The summed E-state index contributed by atoms with van der Waals surface area (Å²) < 4.78 is 26.8. The van der Waals surface area contributed by atoms with E-state index >= 15 is 0 Å². The van der Waals surface area contributed by atoms with Gasteiger partial charge in [-0.25, -0.2) is 13.1 Å². The third kappa shape index (κ3) is 5.38. The first kappa shape index (κ1) is 19.1. The van der Waals surface area contributed by atoms with Crippen LogP contribution < -0.4 is 10.0 Å². The summed E-state index contributed by atoms with van der Waals surface area (Å²) in [6.45, 7) is 1.77. The van der Waals surface area contributed by atoms with Crippen LogP contribution in [0.3, 0.4) is 0 Å². The first-order chi connectivity index (χ1) is 11.8. The molecule has 0 aromatic heterocycles. The molecule has 1 atom stereocenters. The molecule has 0 aliphatic heterocycles. The van der Waals surface area contributed by atoms with Crippen molar-refractivity contribution in [2.24, 2.45) is 0 Å². The van der Waals surface area contributed by atoms with Gasteiger partial charge in [0.2, 0.25) is 10.0 Å². The molecule has 2 aromatic rings. The van der Waals surface area contributed by atoms with Gasteiger partial charge in [-0.3, -0.25) is 4.79 Å². The summed E-state index contributed by atoms with van der Waals surface area (Å²) in [5, 5.41) is 12.7. The molecule has 0 saturated carbocycles. The van der Waals surface area contributed by atoms with Gasteiger partial charge in [-0.05, 0) is 35.7 Å². The van der Waals surface area contributed by atoms with Gasteiger partial charge in [0.25, 0.3) is 5.91 Å². The van der Waals surface area contributed by atoms with Crippen LogP contribution >= 0.6 is 0 Å². The second kappa shape index (κ2) is 8.24. The number of aryl methyl sites for hydroxylation is 1. The number of nitrogens with one attached hydrogen (secondary N) is 2. The average Bonchev–Trinajstić information content (AvgIpc) is 2.60. The van der Waals surface area contributed by atoms with Crippen LogP contribution in [0.25, 0.3) is 0 Å². The Morgan fingerprint density at radius 3 is 2.36 bits per heavy atom. The maximum atomic E-state index is 12.2. The molecule has 2 aromatic carbocycles. The van der Waals surface area contributed by atoms with E-state index in [1.165, 1.54) is 7.05 Å². The van der Waals surface area contributed by atoms with Gasteiger partial charge in [-0.2, -0.15) is 0 Å². The van der Waals surface area contributed by atoms with Crippen LogP contribution in [0.1, 0.15) is 33.2 Å². The Bertz CT molecular complexity index is 832. The summed E-state index contributed by atoms with van der Waals surface area (Å²) in [7, 11) is -2.07. The number of hydrogen-bond acceptors (Lipinski definition) is 4. The van der Waals surface area contributed by atoms with Crippen molar-refractivity contribution in [3.05, 3.63) is 70.8 Å². The monoisotopic (exact) mass is 362 g/mol. The standard InChI is InChI=1S/C18H22N2O4S/c1-13-5-3-4-6-16(13)17(21)11-20-25(23,24)12-14-7-9-15(10-8-14)18(22)19-2/h3-10,17,20-21H,11-12H2,1-2H3,(H,19,22)/t17-/m0/s1. The van der Waals surface area contributed by atoms with E-state index in [-0.39, 0.29) is 18.2 Å². The minimum atomic E-state index is -3.60. The van der Waals surface area contributed by atoms with Crippen molar-refractivity contribution in [3.63, 3.8) is 0 Å². The first-order valence-corrected chi connectivity index (χ1v) is 9.49. The topological polar surface area (TPSA) is 95.5 Å². The van der Waals surface area contributed by atoms with E-state index in [0.717, 1.165) is 5.56 Å². The number of aliphatic hydroxyl groups excluding tert-OH is 1. The summed E-state index contributed by atoms with van der Waals surface area (Å²) in [4.78, 5) is 11.5. The van der Waals surface area contributed by atoms with Gasteiger partial charge in [-0.15, -0.1) is 0 Å². The molecule has 0 heterocycles. The van der Waals surface area contributed by atoms with Crippen molar-refractivity contribution in [1.29, 1.82) is 0 Å². The number of rotatable bonds is 7. The lowest BCUT2D eigenvalue weighted by Gasteiger charge is -2.15. The highest BCUT2D eigenvalue weighted by atomic mass is 32.2. The van der Waals surface area contributed by atoms with Gasteiger partial charge in [0.15, 0.2) is 0 Å². The number of hydrogen-bond donors (Lipinski definition) is 3. The molecule has 134 valence electrons. The smallest absolute Gasteiger partial charge is 0.251 e. The van der Waals surface area contributed by atoms with Gasteiger partial charge in [-0.1, -0.05) is 36.4 Å². The van der Waals surface area contributed by atoms with E-state index in [0.29, 0.717) is 16.7 Å². The Morgan fingerprint density at radius 1 is 1.12 bits per heavy atom. The number of aliphatic hydroxyl groups is 1. The first-order valence-electron chi connectivity index (χ1n) is 7.84. The third-order valence-corrected chi connectivity index (χ3v) is 5.16. The van der Waals surface area contributed by atoms with E-state index in [2.05, 4.69) is 10.0 Å². The van der Waals surface area contributed by atoms with Crippen LogP contribution in [0.15, 0.2) is 48.5 Å². The summed E-state index contributed by atoms with van der Waals surface area (Å²) >= 11 is 0. The van der Waals surface area contributed by atoms with Crippen molar-refractivity contribution >= 4 is 15.9 Å². The maximum Gasteiger partial charge on any atom is 0.251 e. The molecule has 0 saturated heterocycles. The van der Waals surface area contributed by atoms with Gasteiger partial charge in [0, 0.05) is 19.2 Å². The summed E-state index contributed by atoms with van der Waals surface area (Å²) in [6, 6.07) is 13.6. The van der Waals surface area contributed by atoms with Crippen molar-refractivity contribution in [2.75, 3.05) is 13.6 Å². The van der Waals surface area contributed by atoms with Crippen LogP contribution in [0, 0.1) is 6.92 Å². The van der Waals surface area contributed by atoms with Crippen LogP contribution in [0.2, 0.25) is 0 Å². The quantitative estimate of drug-likeness (QED) is 0.696. The number of sulfonamides is 1. The molecule has 0 unspecified atom stereocenters. The molecule has 2 rings (SSSR count). The molecule has 3 N–H and O–H groups in total. The largest absolute Gasteiger partial charge is 0.387 e. The van der Waals surface area contributed by atoms with Gasteiger partial charge in [0.1, 0.15) is 0 Å². The molecule has 0 bridgehead atoms. The highest BCUT2D eigenvalue weighted by molar-refractivity contribution is 7.88. The van der Waals surface area contributed by atoms with Crippen LogP contribution in [0.4, 0.5) is 0 Å². The lowest BCUT2D eigenvalue weighted by molar-refractivity contribution is 0.0963. The molecule has 6 nitrogen and oxygen atoms in total. The number of carbonyl (C=O) groups excluding carboxylic acids is 1. The van der Waals surface area contributed by atoms with E-state index in [9.17, 15) is 18.3 Å².